The molecule has 1 nitrogen and oxygen atoms in total. The summed E-state index contributed by atoms with van der Waals surface area (Å²) in [6, 6.07) is 25.8. The van der Waals surface area contributed by atoms with Crippen LogP contribution in [0, 0.1) is 5.82 Å². The third-order valence-electron chi connectivity index (χ3n) is 5.41. The van der Waals surface area contributed by atoms with E-state index in [-0.39, 0.29) is 5.82 Å². The molecule has 0 amide bonds. The predicted molar refractivity (Wildman–Crippen MR) is 129 cm³/mol. The van der Waals surface area contributed by atoms with Crippen LogP contribution in [0.1, 0.15) is 12.0 Å². The molecule has 0 aliphatic carbocycles. The van der Waals surface area contributed by atoms with Crippen molar-refractivity contribution in [3.8, 4) is 28.0 Å². The van der Waals surface area contributed by atoms with Crippen LogP contribution in [0.4, 0.5) is 4.39 Å². The van der Waals surface area contributed by atoms with Gasteiger partial charge in [0.25, 0.3) is 0 Å². The lowest BCUT2D eigenvalue weighted by atomic mass is 9.96. The Kier molecular flexibility index (Phi) is 6.28. The standard InChI is InChI=1S/C29H25FO/c1-3-5-6-21-7-17-28-25(20-21)14-18-27(29(28)30)24-10-8-22(9-11-24)23-12-15-26(16-13-23)31-19-4-2/h3-4,7-18,20H,1-2,5-6,19H2. The maximum absolute atomic E-state index is 15.3. The van der Waals surface area contributed by atoms with Crippen LogP contribution in [-0.4, -0.2) is 6.61 Å². The Bertz CT molecular complexity index is 1200. The summed E-state index contributed by atoms with van der Waals surface area (Å²) in [5.41, 5.74) is 4.84. The minimum atomic E-state index is -0.177. The average molecular weight is 409 g/mol. The molecule has 154 valence electrons. The van der Waals surface area contributed by atoms with Crippen molar-refractivity contribution in [2.75, 3.05) is 6.61 Å². The van der Waals surface area contributed by atoms with Crippen molar-refractivity contribution in [2.24, 2.45) is 0 Å². The van der Waals surface area contributed by atoms with Crippen LogP contribution in [0.15, 0.2) is 104 Å². The van der Waals surface area contributed by atoms with Gasteiger partial charge in [0.15, 0.2) is 0 Å². The second kappa shape index (κ2) is 9.44. The van der Waals surface area contributed by atoms with E-state index in [0.717, 1.165) is 40.7 Å². The van der Waals surface area contributed by atoms with Crippen molar-refractivity contribution >= 4 is 10.8 Å². The monoisotopic (exact) mass is 408 g/mol. The first-order valence-corrected chi connectivity index (χ1v) is 10.5. The van der Waals surface area contributed by atoms with E-state index in [1.807, 2.05) is 78.9 Å². The maximum atomic E-state index is 15.3. The highest BCUT2D eigenvalue weighted by atomic mass is 19.1. The molecule has 2 heteroatoms. The molecular formula is C29H25FO. The van der Waals surface area contributed by atoms with Crippen LogP contribution >= 0.6 is 0 Å². The lowest BCUT2D eigenvalue weighted by Gasteiger charge is -2.10. The van der Waals surface area contributed by atoms with Gasteiger partial charge in [-0.15, -0.1) is 6.58 Å². The SMILES string of the molecule is C=CCCc1ccc2c(F)c(-c3ccc(-c4ccc(OCC=C)cc4)cc3)ccc2c1. The van der Waals surface area contributed by atoms with Gasteiger partial charge in [0.2, 0.25) is 0 Å². The van der Waals surface area contributed by atoms with Crippen LogP contribution in [0.5, 0.6) is 5.75 Å². The third kappa shape index (κ3) is 4.59. The number of benzene rings is 4. The summed E-state index contributed by atoms with van der Waals surface area (Å²) in [5.74, 6) is 0.635. The van der Waals surface area contributed by atoms with Crippen LogP contribution in [0.3, 0.4) is 0 Å². The van der Waals surface area contributed by atoms with Gasteiger partial charge in [0, 0.05) is 10.9 Å². The summed E-state index contributed by atoms with van der Waals surface area (Å²) in [7, 11) is 0. The molecule has 0 bridgehead atoms. The molecule has 4 aromatic carbocycles. The molecule has 0 atom stereocenters. The summed E-state index contributed by atoms with van der Waals surface area (Å²) >= 11 is 0. The van der Waals surface area contributed by atoms with E-state index in [1.54, 1.807) is 6.08 Å². The molecule has 0 unspecified atom stereocenters. The first-order valence-electron chi connectivity index (χ1n) is 10.5. The van der Waals surface area contributed by atoms with Gasteiger partial charge in [-0.1, -0.05) is 85.5 Å². The molecule has 31 heavy (non-hydrogen) atoms. The minimum Gasteiger partial charge on any atom is -0.490 e. The van der Waals surface area contributed by atoms with E-state index in [4.69, 9.17) is 4.74 Å². The number of halogens is 1. The Hall–Kier alpha value is -3.65. The molecular weight excluding hydrogens is 383 g/mol. The molecule has 0 saturated heterocycles. The quantitative estimate of drug-likeness (QED) is 0.268. The highest BCUT2D eigenvalue weighted by Gasteiger charge is 2.10. The number of hydrogen-bond acceptors (Lipinski definition) is 1. The lowest BCUT2D eigenvalue weighted by molar-refractivity contribution is 0.363. The van der Waals surface area contributed by atoms with Gasteiger partial charge < -0.3 is 4.74 Å². The van der Waals surface area contributed by atoms with Crippen molar-refractivity contribution in [2.45, 2.75) is 12.8 Å². The van der Waals surface area contributed by atoms with Gasteiger partial charge in [0.05, 0.1) is 0 Å². The Labute approximate surface area is 183 Å². The summed E-state index contributed by atoms with van der Waals surface area (Å²) < 4.78 is 20.8. The normalized spacial score (nSPS) is 10.7. The summed E-state index contributed by atoms with van der Waals surface area (Å²) in [5, 5.41) is 1.58. The van der Waals surface area contributed by atoms with E-state index < -0.39 is 0 Å². The lowest BCUT2D eigenvalue weighted by Crippen LogP contribution is -1.92. The van der Waals surface area contributed by atoms with Gasteiger partial charge in [-0.05, 0) is 52.6 Å². The molecule has 4 aromatic rings. The zero-order valence-corrected chi connectivity index (χ0v) is 17.5. The molecule has 0 heterocycles. The van der Waals surface area contributed by atoms with Gasteiger partial charge in [-0.3, -0.25) is 0 Å². The number of ether oxygens (including phenoxy) is 1. The number of fused-ring (bicyclic) bond motifs is 1. The predicted octanol–water partition coefficient (Wildman–Crippen LogP) is 8.00. The fraction of sp³-hybridized carbons (Fsp3) is 0.103. The van der Waals surface area contributed by atoms with Gasteiger partial charge in [-0.2, -0.15) is 0 Å². The summed E-state index contributed by atoms with van der Waals surface area (Å²) in [6.07, 6.45) is 5.47. The maximum Gasteiger partial charge on any atom is 0.138 e. The van der Waals surface area contributed by atoms with Crippen LogP contribution in [0.2, 0.25) is 0 Å². The fourth-order valence-corrected chi connectivity index (χ4v) is 3.73. The molecule has 0 radical (unpaired) electrons. The number of hydrogen-bond donors (Lipinski definition) is 0. The van der Waals surface area contributed by atoms with Gasteiger partial charge in [0.1, 0.15) is 18.2 Å². The molecule has 0 spiro atoms. The highest BCUT2D eigenvalue weighted by molar-refractivity contribution is 5.89. The minimum absolute atomic E-state index is 0.177. The smallest absolute Gasteiger partial charge is 0.138 e. The molecule has 0 aromatic heterocycles. The number of rotatable bonds is 8. The number of aryl methyl sites for hydroxylation is 1. The van der Waals surface area contributed by atoms with E-state index in [0.29, 0.717) is 17.6 Å². The second-order valence-corrected chi connectivity index (χ2v) is 7.51. The van der Waals surface area contributed by atoms with Crippen molar-refractivity contribution in [1.29, 1.82) is 0 Å². The first kappa shape index (κ1) is 20.6. The van der Waals surface area contributed by atoms with Crippen LogP contribution in [-0.2, 0) is 6.42 Å². The molecule has 4 rings (SSSR count). The Balaban J connectivity index is 1.59. The Morgan fingerprint density at radius 2 is 1.42 bits per heavy atom. The Morgan fingerprint density at radius 3 is 2.10 bits per heavy atom. The first-order chi connectivity index (χ1) is 15.2. The highest BCUT2D eigenvalue weighted by Crippen LogP contribution is 2.31. The average Bonchev–Trinajstić information content (AvgIpc) is 2.82. The topological polar surface area (TPSA) is 9.23 Å². The van der Waals surface area contributed by atoms with Crippen LogP contribution in [0.25, 0.3) is 33.0 Å². The zero-order chi connectivity index (χ0) is 21.6. The van der Waals surface area contributed by atoms with E-state index in [9.17, 15) is 0 Å². The van der Waals surface area contributed by atoms with E-state index >= 15 is 4.39 Å². The Morgan fingerprint density at radius 1 is 0.742 bits per heavy atom. The van der Waals surface area contributed by atoms with Crippen molar-refractivity contribution in [3.63, 3.8) is 0 Å². The summed E-state index contributed by atoms with van der Waals surface area (Å²) in [6.45, 7) is 7.91. The second-order valence-electron chi connectivity index (χ2n) is 7.51. The van der Waals surface area contributed by atoms with Crippen molar-refractivity contribution in [3.05, 3.63) is 116 Å². The van der Waals surface area contributed by atoms with Gasteiger partial charge in [-0.25, -0.2) is 4.39 Å². The van der Waals surface area contributed by atoms with E-state index in [2.05, 4.69) is 19.2 Å². The van der Waals surface area contributed by atoms with Crippen LogP contribution < -0.4 is 4.74 Å². The largest absolute Gasteiger partial charge is 0.490 e. The molecule has 0 saturated carbocycles. The third-order valence-corrected chi connectivity index (χ3v) is 5.41. The fourth-order valence-electron chi connectivity index (χ4n) is 3.73. The zero-order valence-electron chi connectivity index (χ0n) is 17.5. The number of allylic oxidation sites excluding steroid dienone is 1. The van der Waals surface area contributed by atoms with Crippen molar-refractivity contribution < 1.29 is 9.13 Å². The van der Waals surface area contributed by atoms with Gasteiger partial charge >= 0.3 is 0 Å². The molecule has 0 N–H and O–H groups in total. The van der Waals surface area contributed by atoms with Crippen molar-refractivity contribution in [1.82, 2.24) is 0 Å². The molecule has 0 fully saturated rings. The van der Waals surface area contributed by atoms with E-state index in [1.165, 1.54) is 5.56 Å². The summed E-state index contributed by atoms with van der Waals surface area (Å²) in [4.78, 5) is 0. The molecule has 0 aliphatic heterocycles. The molecule has 0 aliphatic rings.